The zero-order valence-corrected chi connectivity index (χ0v) is 43.5. The summed E-state index contributed by atoms with van der Waals surface area (Å²) in [6.07, 6.45) is 64.2. The van der Waals surface area contributed by atoms with Gasteiger partial charge in [-0.25, -0.2) is 0 Å². The largest absolute Gasteiger partial charge is 0.462 e. The fourth-order valence-electron chi connectivity index (χ4n) is 8.25. The summed E-state index contributed by atoms with van der Waals surface area (Å²) in [5.74, 6) is -0.906. The number of allylic oxidation sites excluding steroid dienone is 6. The highest BCUT2D eigenvalue weighted by molar-refractivity contribution is 5.71. The van der Waals surface area contributed by atoms with E-state index in [4.69, 9.17) is 14.2 Å². The summed E-state index contributed by atoms with van der Waals surface area (Å²) in [6.45, 7) is 6.63. The zero-order valence-electron chi connectivity index (χ0n) is 43.5. The maximum atomic E-state index is 12.8. The van der Waals surface area contributed by atoms with E-state index < -0.39 is 6.10 Å². The zero-order chi connectivity index (χ0) is 47.2. The van der Waals surface area contributed by atoms with Gasteiger partial charge in [0.25, 0.3) is 0 Å². The van der Waals surface area contributed by atoms with Crippen LogP contribution in [0.4, 0.5) is 0 Å². The smallest absolute Gasteiger partial charge is 0.306 e. The van der Waals surface area contributed by atoms with Crippen molar-refractivity contribution in [2.24, 2.45) is 0 Å². The molecule has 0 aromatic carbocycles. The molecular weight excluding hydrogens is 805 g/mol. The Bertz CT molecular complexity index is 1090. The van der Waals surface area contributed by atoms with Gasteiger partial charge in [-0.1, -0.05) is 224 Å². The van der Waals surface area contributed by atoms with Gasteiger partial charge in [-0.15, -0.1) is 0 Å². The molecular formula is C59H108O6. The monoisotopic (exact) mass is 913 g/mol. The van der Waals surface area contributed by atoms with Gasteiger partial charge in [-0.2, -0.15) is 0 Å². The van der Waals surface area contributed by atoms with E-state index in [1.165, 1.54) is 180 Å². The summed E-state index contributed by atoms with van der Waals surface area (Å²) < 4.78 is 16.8. The molecule has 1 atom stereocenters. The Labute approximate surface area is 404 Å². The van der Waals surface area contributed by atoms with Crippen molar-refractivity contribution in [1.82, 2.24) is 0 Å². The molecule has 0 aromatic heterocycles. The first-order valence-corrected chi connectivity index (χ1v) is 28.5. The maximum absolute atomic E-state index is 12.8. The van der Waals surface area contributed by atoms with Crippen LogP contribution in [0.25, 0.3) is 0 Å². The van der Waals surface area contributed by atoms with Crippen LogP contribution >= 0.6 is 0 Å². The van der Waals surface area contributed by atoms with Gasteiger partial charge in [0.2, 0.25) is 0 Å². The van der Waals surface area contributed by atoms with Crippen molar-refractivity contribution in [2.45, 2.75) is 309 Å². The highest BCUT2D eigenvalue weighted by atomic mass is 16.6. The second kappa shape index (κ2) is 54.2. The van der Waals surface area contributed by atoms with Gasteiger partial charge >= 0.3 is 17.9 Å². The number of ether oxygens (including phenoxy) is 3. The van der Waals surface area contributed by atoms with Gasteiger partial charge < -0.3 is 14.2 Å². The topological polar surface area (TPSA) is 78.9 Å². The molecule has 0 aliphatic carbocycles. The third-order valence-corrected chi connectivity index (χ3v) is 12.6. The van der Waals surface area contributed by atoms with Gasteiger partial charge in [0.1, 0.15) is 13.2 Å². The lowest BCUT2D eigenvalue weighted by molar-refractivity contribution is -0.167. The van der Waals surface area contributed by atoms with Crippen molar-refractivity contribution in [3.8, 4) is 0 Å². The van der Waals surface area contributed by atoms with Gasteiger partial charge in [0, 0.05) is 19.3 Å². The van der Waals surface area contributed by atoms with Crippen LogP contribution in [0.5, 0.6) is 0 Å². The van der Waals surface area contributed by atoms with Crippen LogP contribution in [0, 0.1) is 0 Å². The Morgan fingerprint density at radius 3 is 0.785 bits per heavy atom. The van der Waals surface area contributed by atoms with Crippen molar-refractivity contribution in [3.63, 3.8) is 0 Å². The Hall–Kier alpha value is -2.37. The van der Waals surface area contributed by atoms with Gasteiger partial charge in [-0.05, 0) is 96.3 Å². The SMILES string of the molecule is CCCCCCCCC/C=C\CCCCCC(=O)OCC(COC(=O)CCCCCCCCC/C=C\CCCCCCCCCC)OC(=O)CCCCC/C=C\CCCCCCCCC. The quantitative estimate of drug-likeness (QED) is 0.0262. The molecule has 0 saturated heterocycles. The molecule has 0 saturated carbocycles. The predicted octanol–water partition coefficient (Wildman–Crippen LogP) is 18.9. The second-order valence-corrected chi connectivity index (χ2v) is 19.2. The standard InChI is InChI=1S/C59H108O6/c1-4-7-10-13-16-19-22-25-28-29-30-31-32-35-37-40-43-46-49-52-58(61)64-55-56(65-59(62)53-50-47-44-41-38-34-27-24-21-18-15-12-9-6-3)54-63-57(60)51-48-45-42-39-36-33-26-23-20-17-14-11-8-5-2/h29-30,33-34,36,38,56H,4-28,31-32,35,37,39-55H2,1-3H3/b30-29-,36-33-,38-34-. The van der Waals surface area contributed by atoms with E-state index in [0.717, 1.165) is 83.5 Å². The number of hydrogen-bond acceptors (Lipinski definition) is 6. The first-order valence-electron chi connectivity index (χ1n) is 28.5. The molecule has 0 fully saturated rings. The molecule has 0 amide bonds. The average molecular weight is 914 g/mol. The van der Waals surface area contributed by atoms with E-state index in [-0.39, 0.29) is 31.1 Å². The Kier molecular flexibility index (Phi) is 52.3. The third kappa shape index (κ3) is 52.5. The summed E-state index contributed by atoms with van der Waals surface area (Å²) in [5, 5.41) is 0. The maximum Gasteiger partial charge on any atom is 0.306 e. The molecule has 0 bridgehead atoms. The number of unbranched alkanes of at least 4 members (excludes halogenated alkanes) is 35. The van der Waals surface area contributed by atoms with Crippen molar-refractivity contribution >= 4 is 17.9 Å². The summed E-state index contributed by atoms with van der Waals surface area (Å²) >= 11 is 0. The lowest BCUT2D eigenvalue weighted by atomic mass is 10.1. The first kappa shape index (κ1) is 62.6. The Balaban J connectivity index is 4.36. The minimum absolute atomic E-state index is 0.0832. The molecule has 380 valence electrons. The van der Waals surface area contributed by atoms with Gasteiger partial charge in [0.15, 0.2) is 6.10 Å². The second-order valence-electron chi connectivity index (χ2n) is 19.2. The fourth-order valence-corrected chi connectivity index (χ4v) is 8.25. The minimum atomic E-state index is -0.786. The summed E-state index contributed by atoms with van der Waals surface area (Å²) in [4.78, 5) is 38.1. The van der Waals surface area contributed by atoms with E-state index in [2.05, 4.69) is 57.2 Å². The van der Waals surface area contributed by atoms with E-state index in [1.807, 2.05) is 0 Å². The molecule has 0 aliphatic rings. The molecule has 0 aromatic rings. The predicted molar refractivity (Wildman–Crippen MR) is 279 cm³/mol. The first-order chi connectivity index (χ1) is 32.0. The molecule has 6 heteroatoms. The van der Waals surface area contributed by atoms with Crippen molar-refractivity contribution in [3.05, 3.63) is 36.5 Å². The number of esters is 3. The fraction of sp³-hybridized carbons (Fsp3) is 0.847. The molecule has 0 heterocycles. The van der Waals surface area contributed by atoms with E-state index in [9.17, 15) is 14.4 Å². The summed E-state index contributed by atoms with van der Waals surface area (Å²) in [5.41, 5.74) is 0. The van der Waals surface area contributed by atoms with Crippen LogP contribution in [0.3, 0.4) is 0 Å². The molecule has 65 heavy (non-hydrogen) atoms. The third-order valence-electron chi connectivity index (χ3n) is 12.6. The molecule has 0 radical (unpaired) electrons. The van der Waals surface area contributed by atoms with E-state index in [1.54, 1.807) is 0 Å². The molecule has 1 unspecified atom stereocenters. The van der Waals surface area contributed by atoms with Crippen LogP contribution in [0.2, 0.25) is 0 Å². The van der Waals surface area contributed by atoms with Crippen LogP contribution in [0.1, 0.15) is 303 Å². The van der Waals surface area contributed by atoms with Crippen LogP contribution in [0.15, 0.2) is 36.5 Å². The average Bonchev–Trinajstić information content (AvgIpc) is 3.30. The molecule has 0 N–H and O–H groups in total. The van der Waals surface area contributed by atoms with Crippen molar-refractivity contribution in [1.29, 1.82) is 0 Å². The highest BCUT2D eigenvalue weighted by Crippen LogP contribution is 2.15. The lowest BCUT2D eigenvalue weighted by Crippen LogP contribution is -2.30. The van der Waals surface area contributed by atoms with Crippen LogP contribution < -0.4 is 0 Å². The number of carbonyl (C=O) groups is 3. The summed E-state index contributed by atoms with van der Waals surface area (Å²) in [6, 6.07) is 0. The van der Waals surface area contributed by atoms with E-state index in [0.29, 0.717) is 19.3 Å². The Morgan fingerprint density at radius 1 is 0.292 bits per heavy atom. The molecule has 0 aliphatic heterocycles. The lowest BCUT2D eigenvalue weighted by Gasteiger charge is -2.18. The van der Waals surface area contributed by atoms with Crippen molar-refractivity contribution in [2.75, 3.05) is 13.2 Å². The number of carbonyl (C=O) groups excluding carboxylic acids is 3. The van der Waals surface area contributed by atoms with E-state index >= 15 is 0 Å². The Morgan fingerprint density at radius 2 is 0.508 bits per heavy atom. The number of hydrogen-bond donors (Lipinski definition) is 0. The number of rotatable bonds is 52. The van der Waals surface area contributed by atoms with Gasteiger partial charge in [0.05, 0.1) is 0 Å². The van der Waals surface area contributed by atoms with Crippen LogP contribution in [-0.4, -0.2) is 37.2 Å². The highest BCUT2D eigenvalue weighted by Gasteiger charge is 2.19. The molecule has 6 nitrogen and oxygen atoms in total. The minimum Gasteiger partial charge on any atom is -0.462 e. The van der Waals surface area contributed by atoms with Crippen LogP contribution in [-0.2, 0) is 28.6 Å². The summed E-state index contributed by atoms with van der Waals surface area (Å²) in [7, 11) is 0. The molecule has 0 spiro atoms. The van der Waals surface area contributed by atoms with Gasteiger partial charge in [-0.3, -0.25) is 14.4 Å². The van der Waals surface area contributed by atoms with Crippen molar-refractivity contribution < 1.29 is 28.6 Å². The molecule has 0 rings (SSSR count). The normalized spacial score (nSPS) is 12.2.